The number of primary sulfonamides is 1. The number of hydrogen-bond acceptors (Lipinski definition) is 4. The minimum absolute atomic E-state index is 0.0179. The molecule has 1 unspecified atom stereocenters. The zero-order valence-electron chi connectivity index (χ0n) is 9.14. The molecule has 1 aromatic carbocycles. The molecule has 0 aliphatic carbocycles. The van der Waals surface area contributed by atoms with Gasteiger partial charge in [0.25, 0.3) is 0 Å². The van der Waals surface area contributed by atoms with Crippen LogP contribution in [0.15, 0.2) is 23.1 Å². The summed E-state index contributed by atoms with van der Waals surface area (Å²) in [4.78, 5) is 11.5. The molecular weight excluding hydrogens is 244 g/mol. The molecule has 0 radical (unpaired) electrons. The summed E-state index contributed by atoms with van der Waals surface area (Å²) in [6, 6.07) is 4.26. The highest BCUT2D eigenvalue weighted by Gasteiger charge is 2.30. The van der Waals surface area contributed by atoms with Crippen LogP contribution < -0.4 is 15.2 Å². The van der Waals surface area contributed by atoms with Crippen molar-refractivity contribution in [2.24, 2.45) is 5.14 Å². The van der Waals surface area contributed by atoms with Gasteiger partial charge in [-0.2, -0.15) is 0 Å². The lowest BCUT2D eigenvalue weighted by atomic mass is 10.0. The molecule has 2 rings (SSSR count). The number of nitrogens with one attached hydrogen (secondary N) is 1. The molecular formula is C10H12N2O4S. The number of nitrogens with two attached hydrogens (primary N) is 1. The quantitative estimate of drug-likeness (QED) is 0.749. The van der Waals surface area contributed by atoms with E-state index in [1.54, 1.807) is 0 Å². The molecule has 92 valence electrons. The lowest BCUT2D eigenvalue weighted by Crippen LogP contribution is -2.26. The van der Waals surface area contributed by atoms with Crippen LogP contribution in [0, 0.1) is 0 Å². The van der Waals surface area contributed by atoms with E-state index in [1.165, 1.54) is 25.2 Å². The van der Waals surface area contributed by atoms with Crippen molar-refractivity contribution < 1.29 is 17.9 Å². The Morgan fingerprint density at radius 1 is 1.53 bits per heavy atom. The zero-order chi connectivity index (χ0) is 12.6. The SMILES string of the molecule is CNC(=O)C1COc2ccc(S(N)(=O)=O)cc21. The Morgan fingerprint density at radius 2 is 2.24 bits per heavy atom. The molecule has 0 bridgehead atoms. The monoisotopic (exact) mass is 256 g/mol. The summed E-state index contributed by atoms with van der Waals surface area (Å²) in [5.74, 6) is -0.182. The van der Waals surface area contributed by atoms with Crippen molar-refractivity contribution in [1.82, 2.24) is 5.32 Å². The van der Waals surface area contributed by atoms with Gasteiger partial charge in [0.05, 0.1) is 4.90 Å². The molecule has 17 heavy (non-hydrogen) atoms. The van der Waals surface area contributed by atoms with Crippen molar-refractivity contribution in [3.63, 3.8) is 0 Å². The molecule has 0 saturated heterocycles. The van der Waals surface area contributed by atoms with E-state index in [-0.39, 0.29) is 17.4 Å². The molecule has 7 heteroatoms. The van der Waals surface area contributed by atoms with Gasteiger partial charge in [-0.15, -0.1) is 0 Å². The molecule has 6 nitrogen and oxygen atoms in total. The Balaban J connectivity index is 2.48. The lowest BCUT2D eigenvalue weighted by Gasteiger charge is -2.07. The average molecular weight is 256 g/mol. The van der Waals surface area contributed by atoms with E-state index in [2.05, 4.69) is 5.32 Å². The fraction of sp³-hybridized carbons (Fsp3) is 0.300. The minimum Gasteiger partial charge on any atom is -0.492 e. The van der Waals surface area contributed by atoms with Gasteiger partial charge in [0, 0.05) is 12.6 Å². The molecule has 0 fully saturated rings. The Kier molecular flexibility index (Phi) is 2.80. The summed E-state index contributed by atoms with van der Waals surface area (Å²) in [6.45, 7) is 0.211. The molecule has 1 aromatic rings. The standard InChI is InChI=1S/C10H12N2O4S/c1-12-10(13)8-5-16-9-3-2-6(4-7(8)9)17(11,14)15/h2-4,8H,5H2,1H3,(H,12,13)(H2,11,14,15). The number of carbonyl (C=O) groups excluding carboxylic acids is 1. The number of carbonyl (C=O) groups is 1. The largest absolute Gasteiger partial charge is 0.492 e. The van der Waals surface area contributed by atoms with Gasteiger partial charge in [0.2, 0.25) is 15.9 Å². The zero-order valence-corrected chi connectivity index (χ0v) is 9.95. The normalized spacial score (nSPS) is 18.4. The van der Waals surface area contributed by atoms with E-state index >= 15 is 0 Å². The lowest BCUT2D eigenvalue weighted by molar-refractivity contribution is -0.122. The molecule has 0 aromatic heterocycles. The van der Waals surface area contributed by atoms with Crippen LogP contribution in [0.4, 0.5) is 0 Å². The predicted octanol–water partition coefficient (Wildman–Crippen LogP) is -0.444. The third-order valence-electron chi connectivity index (χ3n) is 2.65. The third-order valence-corrected chi connectivity index (χ3v) is 3.56. The third kappa shape index (κ3) is 2.11. The molecule has 1 aliphatic heterocycles. The number of likely N-dealkylation sites (N-methyl/N-ethyl adjacent to an activating group) is 1. The highest BCUT2D eigenvalue weighted by atomic mass is 32.2. The second-order valence-corrected chi connectivity index (χ2v) is 5.28. The fourth-order valence-corrected chi connectivity index (χ4v) is 2.31. The van der Waals surface area contributed by atoms with Crippen molar-refractivity contribution in [2.45, 2.75) is 10.8 Å². The summed E-state index contributed by atoms with van der Waals surface area (Å²) in [5.41, 5.74) is 0.552. The Labute approximate surface area is 98.8 Å². The molecule has 1 aliphatic rings. The maximum Gasteiger partial charge on any atom is 0.238 e. The smallest absolute Gasteiger partial charge is 0.238 e. The summed E-state index contributed by atoms with van der Waals surface area (Å²) in [5, 5.41) is 7.54. The van der Waals surface area contributed by atoms with Gasteiger partial charge >= 0.3 is 0 Å². The van der Waals surface area contributed by atoms with E-state index < -0.39 is 15.9 Å². The number of ether oxygens (including phenoxy) is 1. The van der Waals surface area contributed by atoms with Crippen molar-refractivity contribution in [2.75, 3.05) is 13.7 Å². The maximum atomic E-state index is 11.6. The number of sulfonamides is 1. The van der Waals surface area contributed by atoms with Crippen molar-refractivity contribution in [3.05, 3.63) is 23.8 Å². The topological polar surface area (TPSA) is 98.5 Å². The van der Waals surface area contributed by atoms with Crippen LogP contribution in [-0.2, 0) is 14.8 Å². The number of benzene rings is 1. The van der Waals surface area contributed by atoms with Gasteiger partial charge in [0.1, 0.15) is 18.3 Å². The first-order valence-corrected chi connectivity index (χ1v) is 6.49. The molecule has 0 spiro atoms. The van der Waals surface area contributed by atoms with Crippen LogP contribution in [0.3, 0.4) is 0 Å². The van der Waals surface area contributed by atoms with Crippen molar-refractivity contribution >= 4 is 15.9 Å². The second-order valence-electron chi connectivity index (χ2n) is 3.72. The predicted molar refractivity (Wildman–Crippen MR) is 60.1 cm³/mol. The van der Waals surface area contributed by atoms with Crippen molar-refractivity contribution in [3.8, 4) is 5.75 Å². The summed E-state index contributed by atoms with van der Waals surface area (Å²) >= 11 is 0. The van der Waals surface area contributed by atoms with Crippen LogP contribution in [-0.4, -0.2) is 28.0 Å². The molecule has 3 N–H and O–H groups in total. The number of rotatable bonds is 2. The first kappa shape index (κ1) is 11.9. The highest BCUT2D eigenvalue weighted by Crippen LogP contribution is 2.35. The second kappa shape index (κ2) is 4.01. The highest BCUT2D eigenvalue weighted by molar-refractivity contribution is 7.89. The number of hydrogen-bond donors (Lipinski definition) is 2. The van der Waals surface area contributed by atoms with Gasteiger partial charge in [0.15, 0.2) is 0 Å². The van der Waals surface area contributed by atoms with Crippen LogP contribution in [0.1, 0.15) is 11.5 Å². The number of fused-ring (bicyclic) bond motifs is 1. The van der Waals surface area contributed by atoms with E-state index in [4.69, 9.17) is 9.88 Å². The van der Waals surface area contributed by atoms with Crippen LogP contribution >= 0.6 is 0 Å². The summed E-state index contributed by atoms with van der Waals surface area (Å²) < 4.78 is 27.7. The average Bonchev–Trinajstić information content (AvgIpc) is 2.69. The summed E-state index contributed by atoms with van der Waals surface area (Å²) in [6.07, 6.45) is 0. The summed E-state index contributed by atoms with van der Waals surface area (Å²) in [7, 11) is -2.25. The fourth-order valence-electron chi connectivity index (χ4n) is 1.76. The Morgan fingerprint density at radius 3 is 2.82 bits per heavy atom. The van der Waals surface area contributed by atoms with Gasteiger partial charge in [-0.1, -0.05) is 0 Å². The van der Waals surface area contributed by atoms with Gasteiger partial charge in [-0.05, 0) is 18.2 Å². The molecule has 0 saturated carbocycles. The van der Waals surface area contributed by atoms with Gasteiger partial charge in [-0.25, -0.2) is 13.6 Å². The minimum atomic E-state index is -3.77. The van der Waals surface area contributed by atoms with Crippen molar-refractivity contribution in [1.29, 1.82) is 0 Å². The van der Waals surface area contributed by atoms with Gasteiger partial charge < -0.3 is 10.1 Å². The Hall–Kier alpha value is -1.60. The first-order chi connectivity index (χ1) is 7.93. The van der Waals surface area contributed by atoms with E-state index in [0.717, 1.165) is 0 Å². The van der Waals surface area contributed by atoms with Crippen LogP contribution in [0.25, 0.3) is 0 Å². The molecule has 1 amide bonds. The van der Waals surface area contributed by atoms with E-state index in [1.807, 2.05) is 0 Å². The van der Waals surface area contributed by atoms with Crippen LogP contribution in [0.5, 0.6) is 5.75 Å². The molecule has 1 atom stereocenters. The Bertz CT molecular complexity index is 568. The van der Waals surface area contributed by atoms with E-state index in [0.29, 0.717) is 11.3 Å². The first-order valence-electron chi connectivity index (χ1n) is 4.94. The van der Waals surface area contributed by atoms with Crippen LogP contribution in [0.2, 0.25) is 0 Å². The van der Waals surface area contributed by atoms with Gasteiger partial charge in [-0.3, -0.25) is 4.79 Å². The maximum absolute atomic E-state index is 11.6. The molecule has 1 heterocycles. The number of amides is 1. The van der Waals surface area contributed by atoms with E-state index in [9.17, 15) is 13.2 Å².